The molecule has 0 amide bonds. The monoisotopic (exact) mass is 406 g/mol. The van der Waals surface area contributed by atoms with E-state index < -0.39 is 0 Å². The quantitative estimate of drug-likeness (QED) is 0.531. The predicted molar refractivity (Wildman–Crippen MR) is 119 cm³/mol. The number of aromatic nitrogens is 1. The van der Waals surface area contributed by atoms with Crippen LogP contribution in [0.2, 0.25) is 0 Å². The standard InChI is InChI=1S/C25H30N2O3/c1-30-25(29)11-7-18-6-9-22-19(16-18)8-10-24(22)27(14-15-28)13-12-20-17-26-23-5-3-2-4-21(20)23/h2-6,9,16-17,24,26,28H,7-8,10-15H2,1H3. The van der Waals surface area contributed by atoms with E-state index in [2.05, 4.69) is 58.5 Å². The molecular weight excluding hydrogens is 376 g/mol. The SMILES string of the molecule is COC(=O)CCc1ccc2c(c1)CCC2N(CCO)CCc1c[nH]c2ccccc12. The minimum absolute atomic E-state index is 0.164. The summed E-state index contributed by atoms with van der Waals surface area (Å²) in [4.78, 5) is 17.2. The van der Waals surface area contributed by atoms with Gasteiger partial charge in [-0.25, -0.2) is 0 Å². The first kappa shape index (κ1) is 20.6. The fourth-order valence-corrected chi connectivity index (χ4v) is 4.69. The number of hydrogen-bond acceptors (Lipinski definition) is 4. The van der Waals surface area contributed by atoms with Crippen LogP contribution in [0.1, 0.15) is 41.1 Å². The van der Waals surface area contributed by atoms with E-state index in [-0.39, 0.29) is 12.6 Å². The van der Waals surface area contributed by atoms with Gasteiger partial charge in [0.15, 0.2) is 0 Å². The van der Waals surface area contributed by atoms with Crippen LogP contribution in [-0.2, 0) is 28.8 Å². The maximum Gasteiger partial charge on any atom is 0.305 e. The molecule has 3 aromatic rings. The van der Waals surface area contributed by atoms with Crippen molar-refractivity contribution in [1.29, 1.82) is 0 Å². The summed E-state index contributed by atoms with van der Waals surface area (Å²) in [6.45, 7) is 1.75. The summed E-state index contributed by atoms with van der Waals surface area (Å²) in [5, 5.41) is 11.0. The summed E-state index contributed by atoms with van der Waals surface area (Å²) in [5.41, 5.74) is 6.42. The molecule has 5 heteroatoms. The zero-order valence-corrected chi connectivity index (χ0v) is 17.6. The van der Waals surface area contributed by atoms with Crippen molar-refractivity contribution >= 4 is 16.9 Å². The Hall–Kier alpha value is -2.63. The molecule has 0 spiro atoms. The third-order valence-corrected chi connectivity index (χ3v) is 6.27. The third kappa shape index (κ3) is 4.42. The highest BCUT2D eigenvalue weighted by atomic mass is 16.5. The van der Waals surface area contributed by atoms with E-state index >= 15 is 0 Å². The lowest BCUT2D eigenvalue weighted by Crippen LogP contribution is -2.32. The summed E-state index contributed by atoms with van der Waals surface area (Å²) >= 11 is 0. The number of aliphatic hydroxyl groups excluding tert-OH is 1. The van der Waals surface area contributed by atoms with Crippen LogP contribution >= 0.6 is 0 Å². The molecule has 0 radical (unpaired) electrons. The number of fused-ring (bicyclic) bond motifs is 2. The van der Waals surface area contributed by atoms with Crippen molar-refractivity contribution in [3.05, 3.63) is 70.9 Å². The second-order valence-corrected chi connectivity index (χ2v) is 8.03. The van der Waals surface area contributed by atoms with E-state index in [9.17, 15) is 9.90 Å². The molecular formula is C25H30N2O3. The average Bonchev–Trinajstić information content (AvgIpc) is 3.39. The number of methoxy groups -OCH3 is 1. The Kier molecular flexibility index (Phi) is 6.50. The predicted octanol–water partition coefficient (Wildman–Crippen LogP) is 3.80. The molecule has 1 aromatic heterocycles. The lowest BCUT2D eigenvalue weighted by Gasteiger charge is -2.29. The first-order valence-electron chi connectivity index (χ1n) is 10.8. The highest BCUT2D eigenvalue weighted by Crippen LogP contribution is 2.36. The zero-order chi connectivity index (χ0) is 20.9. The van der Waals surface area contributed by atoms with Crippen LogP contribution in [0.25, 0.3) is 10.9 Å². The number of rotatable bonds is 9. The van der Waals surface area contributed by atoms with Gasteiger partial charge < -0.3 is 14.8 Å². The molecule has 1 aliphatic carbocycles. The van der Waals surface area contributed by atoms with Gasteiger partial charge >= 0.3 is 5.97 Å². The van der Waals surface area contributed by atoms with Gasteiger partial charge in [0.2, 0.25) is 0 Å². The van der Waals surface area contributed by atoms with Gasteiger partial charge in [-0.3, -0.25) is 9.69 Å². The van der Waals surface area contributed by atoms with Gasteiger partial charge in [-0.05, 0) is 54.0 Å². The minimum Gasteiger partial charge on any atom is -0.469 e. The number of nitrogens with one attached hydrogen (secondary N) is 1. The number of para-hydroxylation sites is 1. The van der Waals surface area contributed by atoms with Crippen molar-refractivity contribution in [2.45, 2.75) is 38.1 Å². The summed E-state index contributed by atoms with van der Waals surface area (Å²) in [6, 6.07) is 15.3. The van der Waals surface area contributed by atoms with E-state index in [0.717, 1.165) is 25.8 Å². The van der Waals surface area contributed by atoms with Crippen molar-refractivity contribution in [3.63, 3.8) is 0 Å². The molecule has 30 heavy (non-hydrogen) atoms. The van der Waals surface area contributed by atoms with Crippen molar-refractivity contribution < 1.29 is 14.6 Å². The maximum atomic E-state index is 11.4. The Bertz CT molecular complexity index is 1010. The number of esters is 1. The molecule has 2 N–H and O–H groups in total. The summed E-state index contributed by atoms with van der Waals surface area (Å²) in [5.74, 6) is -0.167. The van der Waals surface area contributed by atoms with E-state index in [1.807, 2.05) is 0 Å². The fraction of sp³-hybridized carbons (Fsp3) is 0.400. The Morgan fingerprint density at radius 2 is 2.07 bits per heavy atom. The largest absolute Gasteiger partial charge is 0.469 e. The van der Waals surface area contributed by atoms with Crippen LogP contribution < -0.4 is 0 Å². The molecule has 1 heterocycles. The van der Waals surface area contributed by atoms with Crippen LogP contribution in [0.4, 0.5) is 0 Å². The van der Waals surface area contributed by atoms with Crippen LogP contribution in [0.5, 0.6) is 0 Å². The second kappa shape index (κ2) is 9.45. The molecule has 5 nitrogen and oxygen atoms in total. The zero-order valence-electron chi connectivity index (χ0n) is 17.6. The smallest absolute Gasteiger partial charge is 0.305 e. The molecule has 1 aliphatic rings. The summed E-state index contributed by atoms with van der Waals surface area (Å²) in [6.07, 6.45) is 6.31. The Labute approximate surface area is 177 Å². The highest BCUT2D eigenvalue weighted by molar-refractivity contribution is 5.83. The number of benzene rings is 2. The first-order chi connectivity index (χ1) is 14.7. The van der Waals surface area contributed by atoms with Gasteiger partial charge in [-0.1, -0.05) is 36.4 Å². The van der Waals surface area contributed by atoms with E-state index in [1.54, 1.807) is 0 Å². The molecule has 1 atom stereocenters. The first-order valence-corrected chi connectivity index (χ1v) is 10.8. The van der Waals surface area contributed by atoms with E-state index in [4.69, 9.17) is 4.74 Å². The van der Waals surface area contributed by atoms with E-state index in [0.29, 0.717) is 25.4 Å². The van der Waals surface area contributed by atoms with Crippen molar-refractivity contribution in [3.8, 4) is 0 Å². The highest BCUT2D eigenvalue weighted by Gasteiger charge is 2.28. The summed E-state index contributed by atoms with van der Waals surface area (Å²) in [7, 11) is 1.43. The van der Waals surface area contributed by atoms with Crippen molar-refractivity contribution in [2.75, 3.05) is 26.8 Å². The number of hydrogen-bond donors (Lipinski definition) is 2. The van der Waals surface area contributed by atoms with Crippen LogP contribution in [0.15, 0.2) is 48.7 Å². The Morgan fingerprint density at radius 3 is 2.90 bits per heavy atom. The molecule has 0 bridgehead atoms. The number of H-pyrrole nitrogens is 1. The average molecular weight is 407 g/mol. The molecule has 0 aliphatic heterocycles. The molecule has 1 unspecified atom stereocenters. The van der Waals surface area contributed by atoms with Crippen LogP contribution in [0.3, 0.4) is 0 Å². The number of nitrogens with zero attached hydrogens (tertiary/aromatic N) is 1. The molecule has 2 aromatic carbocycles. The molecule has 0 saturated carbocycles. The number of carbonyl (C=O) groups is 1. The second-order valence-electron chi connectivity index (χ2n) is 8.03. The summed E-state index contributed by atoms with van der Waals surface area (Å²) < 4.78 is 4.75. The maximum absolute atomic E-state index is 11.4. The number of aryl methyl sites for hydroxylation is 2. The molecule has 158 valence electrons. The number of aromatic amines is 1. The Morgan fingerprint density at radius 1 is 1.20 bits per heavy atom. The van der Waals surface area contributed by atoms with Gasteiger partial charge in [0, 0.05) is 42.7 Å². The molecule has 0 saturated heterocycles. The van der Waals surface area contributed by atoms with Crippen LogP contribution in [0, 0.1) is 0 Å². The lowest BCUT2D eigenvalue weighted by atomic mass is 10.0. The van der Waals surface area contributed by atoms with Gasteiger partial charge in [-0.2, -0.15) is 0 Å². The number of aliphatic hydroxyl groups is 1. The van der Waals surface area contributed by atoms with Gasteiger partial charge in [0.1, 0.15) is 0 Å². The Balaban J connectivity index is 1.45. The normalized spacial score (nSPS) is 15.6. The third-order valence-electron chi connectivity index (χ3n) is 6.27. The molecule has 0 fully saturated rings. The number of ether oxygens (including phenoxy) is 1. The van der Waals surface area contributed by atoms with E-state index in [1.165, 1.54) is 40.3 Å². The topological polar surface area (TPSA) is 65.6 Å². The van der Waals surface area contributed by atoms with Gasteiger partial charge in [0.25, 0.3) is 0 Å². The minimum atomic E-state index is -0.167. The molecule has 4 rings (SSSR count). The van der Waals surface area contributed by atoms with Crippen LogP contribution in [-0.4, -0.2) is 47.8 Å². The fourth-order valence-electron chi connectivity index (χ4n) is 4.69. The van der Waals surface area contributed by atoms with Crippen molar-refractivity contribution in [2.24, 2.45) is 0 Å². The number of carbonyl (C=O) groups excluding carboxylic acids is 1. The lowest BCUT2D eigenvalue weighted by molar-refractivity contribution is -0.140. The van der Waals surface area contributed by atoms with Gasteiger partial charge in [0.05, 0.1) is 13.7 Å². The van der Waals surface area contributed by atoms with Gasteiger partial charge in [-0.15, -0.1) is 0 Å². The van der Waals surface area contributed by atoms with Crippen molar-refractivity contribution in [1.82, 2.24) is 9.88 Å².